The third-order valence-electron chi connectivity index (χ3n) is 7.88. The van der Waals surface area contributed by atoms with Crippen LogP contribution >= 0.6 is 11.6 Å². The van der Waals surface area contributed by atoms with E-state index in [-0.39, 0.29) is 40.5 Å². The van der Waals surface area contributed by atoms with E-state index in [9.17, 15) is 19.2 Å². The second kappa shape index (κ2) is 7.87. The molecule has 0 aromatic heterocycles. The van der Waals surface area contributed by atoms with E-state index in [0.29, 0.717) is 0 Å². The standard InChI is InChI=1S/C29H22ClNO5/c1-3-36-28(35)19-14-16(12-13-22(19)30)31-26(33)24-23-17-8-4-6-10-20(17)29(15(2)32,25(24)27(31)34)21-11-7-5-9-18(21)23/h4-14,23-25H,3H2,1-2H3/t23?,24-,25+,29?/m1/s1. The molecule has 7 rings (SSSR count). The van der Waals surface area contributed by atoms with Crippen molar-refractivity contribution in [1.29, 1.82) is 0 Å². The first-order valence-electron chi connectivity index (χ1n) is 11.9. The lowest BCUT2D eigenvalue weighted by atomic mass is 9.46. The average molecular weight is 500 g/mol. The predicted molar refractivity (Wildman–Crippen MR) is 133 cm³/mol. The van der Waals surface area contributed by atoms with Gasteiger partial charge >= 0.3 is 5.97 Å². The molecule has 6 nitrogen and oxygen atoms in total. The molecule has 4 aliphatic rings. The zero-order valence-corrected chi connectivity index (χ0v) is 20.4. The van der Waals surface area contributed by atoms with Gasteiger partial charge in [-0.2, -0.15) is 0 Å². The summed E-state index contributed by atoms with van der Waals surface area (Å²) >= 11 is 6.24. The number of amides is 2. The molecule has 2 atom stereocenters. The van der Waals surface area contributed by atoms with Gasteiger partial charge in [-0.3, -0.25) is 14.4 Å². The maximum absolute atomic E-state index is 14.2. The molecule has 36 heavy (non-hydrogen) atoms. The van der Waals surface area contributed by atoms with Gasteiger partial charge in [0.15, 0.2) is 0 Å². The lowest BCUT2D eigenvalue weighted by Gasteiger charge is -2.52. The fraction of sp³-hybridized carbons (Fsp3) is 0.241. The van der Waals surface area contributed by atoms with Gasteiger partial charge in [-0.15, -0.1) is 0 Å². The van der Waals surface area contributed by atoms with E-state index < -0.39 is 29.1 Å². The lowest BCUT2D eigenvalue weighted by molar-refractivity contribution is -0.132. The molecule has 0 spiro atoms. The van der Waals surface area contributed by atoms with Gasteiger partial charge in [0.2, 0.25) is 11.8 Å². The Morgan fingerprint density at radius 1 is 0.944 bits per heavy atom. The quantitative estimate of drug-likeness (QED) is 0.385. The molecule has 1 saturated heterocycles. The lowest BCUT2D eigenvalue weighted by Crippen LogP contribution is -2.57. The molecule has 3 aliphatic carbocycles. The molecule has 2 bridgehead atoms. The van der Waals surface area contributed by atoms with Crippen LogP contribution in [0.15, 0.2) is 66.7 Å². The molecule has 1 aliphatic heterocycles. The van der Waals surface area contributed by atoms with E-state index in [1.807, 2.05) is 48.5 Å². The van der Waals surface area contributed by atoms with Crippen molar-refractivity contribution in [2.75, 3.05) is 11.5 Å². The van der Waals surface area contributed by atoms with Crippen molar-refractivity contribution in [3.8, 4) is 0 Å². The molecule has 0 unspecified atom stereocenters. The van der Waals surface area contributed by atoms with Crippen molar-refractivity contribution in [3.63, 3.8) is 0 Å². The van der Waals surface area contributed by atoms with Crippen LogP contribution in [0.2, 0.25) is 5.02 Å². The van der Waals surface area contributed by atoms with Gasteiger partial charge < -0.3 is 4.74 Å². The fourth-order valence-corrected chi connectivity index (χ4v) is 6.84. The number of ether oxygens (including phenoxy) is 1. The van der Waals surface area contributed by atoms with Gasteiger partial charge in [0.25, 0.3) is 0 Å². The van der Waals surface area contributed by atoms with Crippen molar-refractivity contribution in [3.05, 3.63) is 99.6 Å². The largest absolute Gasteiger partial charge is 0.462 e. The first-order valence-corrected chi connectivity index (χ1v) is 12.3. The first-order chi connectivity index (χ1) is 17.3. The number of carbonyl (C=O) groups is 4. The number of nitrogens with zero attached hydrogens (tertiary/aromatic N) is 1. The minimum atomic E-state index is -1.27. The Morgan fingerprint density at radius 2 is 1.56 bits per heavy atom. The summed E-state index contributed by atoms with van der Waals surface area (Å²) in [5, 5.41) is 0.161. The molecule has 0 saturated carbocycles. The monoisotopic (exact) mass is 499 g/mol. The van der Waals surface area contributed by atoms with E-state index in [0.717, 1.165) is 27.2 Å². The van der Waals surface area contributed by atoms with Crippen molar-refractivity contribution in [2.24, 2.45) is 11.8 Å². The molecule has 0 N–H and O–H groups in total. The zero-order chi connectivity index (χ0) is 25.4. The number of imide groups is 1. The summed E-state index contributed by atoms with van der Waals surface area (Å²) in [6.45, 7) is 3.34. The number of Topliss-reactive ketones (excluding diaryl/α,β-unsaturated/α-hetero) is 1. The molecular formula is C29H22ClNO5. The Labute approximate surface area is 212 Å². The molecule has 2 amide bonds. The predicted octanol–water partition coefficient (Wildman–Crippen LogP) is 4.66. The highest BCUT2D eigenvalue weighted by Crippen LogP contribution is 2.64. The van der Waals surface area contributed by atoms with Gasteiger partial charge in [-0.1, -0.05) is 60.1 Å². The van der Waals surface area contributed by atoms with Crippen molar-refractivity contribution >= 4 is 40.9 Å². The highest BCUT2D eigenvalue weighted by molar-refractivity contribution is 6.34. The van der Waals surface area contributed by atoms with Crippen LogP contribution in [0.5, 0.6) is 0 Å². The first kappa shape index (κ1) is 22.7. The Hall–Kier alpha value is -3.77. The topological polar surface area (TPSA) is 80.8 Å². The third-order valence-corrected chi connectivity index (χ3v) is 8.21. The van der Waals surface area contributed by atoms with Crippen LogP contribution in [0, 0.1) is 11.8 Å². The normalized spacial score (nSPS) is 25.3. The molecule has 7 heteroatoms. The van der Waals surface area contributed by atoms with Gasteiger partial charge in [0, 0.05) is 5.92 Å². The van der Waals surface area contributed by atoms with Crippen LogP contribution in [0.25, 0.3) is 0 Å². The van der Waals surface area contributed by atoms with Crippen molar-refractivity contribution in [2.45, 2.75) is 25.2 Å². The van der Waals surface area contributed by atoms with Crippen LogP contribution in [0.3, 0.4) is 0 Å². The van der Waals surface area contributed by atoms with Crippen molar-refractivity contribution in [1.82, 2.24) is 0 Å². The minimum absolute atomic E-state index is 0.0716. The Bertz CT molecular complexity index is 1450. The van der Waals surface area contributed by atoms with E-state index in [1.165, 1.54) is 19.1 Å². The summed E-state index contributed by atoms with van der Waals surface area (Å²) in [6, 6.07) is 19.7. The summed E-state index contributed by atoms with van der Waals surface area (Å²) in [5.74, 6) is -3.65. The molecule has 3 aromatic rings. The molecule has 1 heterocycles. The number of esters is 1. The summed E-state index contributed by atoms with van der Waals surface area (Å²) < 4.78 is 5.09. The van der Waals surface area contributed by atoms with Gasteiger partial charge in [-0.05, 0) is 54.3 Å². The number of rotatable bonds is 4. The van der Waals surface area contributed by atoms with Crippen LogP contribution in [0.1, 0.15) is 52.4 Å². The molecule has 0 radical (unpaired) electrons. The highest BCUT2D eigenvalue weighted by Gasteiger charge is 2.70. The average Bonchev–Trinajstić information content (AvgIpc) is 3.15. The summed E-state index contributed by atoms with van der Waals surface area (Å²) in [5.41, 5.74) is 2.41. The summed E-state index contributed by atoms with van der Waals surface area (Å²) in [6.07, 6.45) is 0. The summed E-state index contributed by atoms with van der Waals surface area (Å²) in [4.78, 5) is 55.4. The Morgan fingerprint density at radius 3 is 2.14 bits per heavy atom. The number of anilines is 1. The van der Waals surface area contributed by atoms with E-state index in [4.69, 9.17) is 16.3 Å². The molecule has 180 valence electrons. The van der Waals surface area contributed by atoms with Crippen LogP contribution < -0.4 is 4.90 Å². The number of carbonyl (C=O) groups excluding carboxylic acids is 4. The number of benzene rings is 3. The van der Waals surface area contributed by atoms with Gasteiger partial charge in [-0.25, -0.2) is 9.69 Å². The maximum atomic E-state index is 14.2. The molecule has 3 aromatic carbocycles. The second-order valence-corrected chi connectivity index (χ2v) is 9.82. The zero-order valence-electron chi connectivity index (χ0n) is 19.7. The Kier molecular flexibility index (Phi) is 4.96. The second-order valence-electron chi connectivity index (χ2n) is 9.42. The number of halogens is 1. The maximum Gasteiger partial charge on any atom is 0.339 e. The highest BCUT2D eigenvalue weighted by atomic mass is 35.5. The van der Waals surface area contributed by atoms with Gasteiger partial charge in [0.1, 0.15) is 5.78 Å². The van der Waals surface area contributed by atoms with E-state index in [2.05, 4.69) is 0 Å². The van der Waals surface area contributed by atoms with Crippen molar-refractivity contribution < 1.29 is 23.9 Å². The van der Waals surface area contributed by atoms with Crippen LogP contribution in [0.4, 0.5) is 5.69 Å². The molecule has 1 fully saturated rings. The SMILES string of the molecule is CCOC(=O)c1cc(N2C(=O)[C@@H]3C4c5ccccc5C(C(C)=O)(c5ccccc54)[C@@H]3C2=O)ccc1Cl. The smallest absolute Gasteiger partial charge is 0.339 e. The van der Waals surface area contributed by atoms with Crippen LogP contribution in [-0.4, -0.2) is 30.2 Å². The number of ketones is 1. The summed E-state index contributed by atoms with van der Waals surface area (Å²) in [7, 11) is 0. The number of hydrogen-bond donors (Lipinski definition) is 0. The Balaban J connectivity index is 1.58. The number of hydrogen-bond acceptors (Lipinski definition) is 5. The van der Waals surface area contributed by atoms with Crippen LogP contribution in [-0.2, 0) is 24.5 Å². The van der Waals surface area contributed by atoms with E-state index >= 15 is 0 Å². The molecular weight excluding hydrogens is 478 g/mol. The van der Waals surface area contributed by atoms with Gasteiger partial charge in [0.05, 0.1) is 40.1 Å². The third kappa shape index (κ3) is 2.68. The van der Waals surface area contributed by atoms with E-state index in [1.54, 1.807) is 13.0 Å². The minimum Gasteiger partial charge on any atom is -0.462 e. The fourth-order valence-electron chi connectivity index (χ4n) is 6.64.